The Morgan fingerprint density at radius 1 is 0.543 bits per heavy atom. The van der Waals surface area contributed by atoms with Gasteiger partial charge in [0.1, 0.15) is 84.1 Å². The topological polar surface area (TPSA) is 727 Å². The minimum Gasteiger partial charge on any atom is -0.386 e. The lowest BCUT2D eigenvalue weighted by Gasteiger charge is -2.30. The quantitative estimate of drug-likeness (QED) is 0.0241. The number of nitrogen functional groups attached to an aromatic ring is 2. The smallest absolute Gasteiger partial charge is 0.386 e. The molecule has 1 saturated carbocycles. The number of fused-ring (bicyclic) bond motifs is 2. The number of phosphoric ester groups is 6. The van der Waals surface area contributed by atoms with E-state index in [2.05, 4.69) is 68.8 Å². The normalized spacial score (nSPS) is 22.5. The predicted octanol–water partition coefficient (Wildman–Crippen LogP) is 0.894. The Balaban J connectivity index is 0.644. The maximum absolute atomic E-state index is 13.3. The van der Waals surface area contributed by atoms with Crippen LogP contribution in [0.15, 0.2) is 49.6 Å². The number of hydrogen-bond donors (Lipinski definition) is 18. The highest BCUT2D eigenvalue weighted by Gasteiger charge is 2.53. The molecule has 3 fully saturated rings. The fourth-order valence-electron chi connectivity index (χ4n) is 12.3. The van der Waals surface area contributed by atoms with E-state index in [4.69, 9.17) is 39.0 Å². The third kappa shape index (κ3) is 27.1. The molecule has 1 aliphatic carbocycles. The average molecular weight is 1770 g/mol. The van der Waals surface area contributed by atoms with Crippen LogP contribution in [-0.4, -0.2) is 235 Å². The summed E-state index contributed by atoms with van der Waals surface area (Å²) in [6.45, 7) is 3.75. The van der Waals surface area contributed by atoms with Crippen molar-refractivity contribution in [3.8, 4) is 0 Å². The molecule has 14 unspecified atom stereocenters. The van der Waals surface area contributed by atoms with Gasteiger partial charge < -0.3 is 102 Å². The molecule has 48 nitrogen and oxygen atoms in total. The number of nitrogens with two attached hydrogens (primary N) is 2. The van der Waals surface area contributed by atoms with E-state index in [9.17, 15) is 116 Å². The molecule has 5 aromatic rings. The van der Waals surface area contributed by atoms with Crippen molar-refractivity contribution < 1.29 is 161 Å². The number of benzene rings is 1. The first-order chi connectivity index (χ1) is 53.8. The third-order valence-electron chi connectivity index (χ3n) is 19.1. The molecular formula is C62H96N14O34P6. The van der Waals surface area contributed by atoms with E-state index in [1.807, 2.05) is 38.1 Å². The molecule has 648 valence electrons. The van der Waals surface area contributed by atoms with Gasteiger partial charge >= 0.3 is 46.9 Å². The Hall–Kier alpha value is -6.36. The van der Waals surface area contributed by atoms with Gasteiger partial charge in [0.15, 0.2) is 35.4 Å². The molecule has 20 N–H and O–H groups in total. The van der Waals surface area contributed by atoms with Gasteiger partial charge in [-0.15, -0.1) is 0 Å². The number of nitrogens with one attached hydrogen (secondary N) is 4. The molecule has 6 heterocycles. The summed E-state index contributed by atoms with van der Waals surface area (Å²) >= 11 is 0. The van der Waals surface area contributed by atoms with E-state index in [0.717, 1.165) is 52.0 Å². The fraction of sp³-hybridized carbons (Fsp3) is 0.645. The maximum atomic E-state index is 13.3. The summed E-state index contributed by atoms with van der Waals surface area (Å²) in [7, 11) is -33.2. The molecule has 0 spiro atoms. The number of nitrogens with zero attached hydrogens (tertiary/aromatic N) is 8. The molecule has 54 heteroatoms. The zero-order valence-corrected chi connectivity index (χ0v) is 68.7. The van der Waals surface area contributed by atoms with Crippen LogP contribution in [0.25, 0.3) is 22.3 Å². The number of aliphatic hydroxyl groups excluding tert-OH is 4. The first-order valence-electron chi connectivity index (χ1n) is 35.7. The standard InChI is InChI=1S/C62H96N14O34P6/c1-59(2,39(77)15-23-65-41(79)17-25-67-55(85)49(83)60(3,4)29-103-115(97,98)109-113(93,94)101-27-37-47(107-111(87,88)89)45(81)57(105-37)75-33-73-43-51(63)69-31-71-53(43)75)19-7-9-35-11-13-36(14-12-35)10-8-20-62(21-22-62)40(78)16-24-66-42(80)18-26-68-56(86)50(84)61(5,6)30-104-116(99,100)110-114(95,96)102-28-38-48(108-112(90,91)92)46(82)58(106-38)76-34-74-44-52(64)70-32-72-54(44)76/h11-14,31-34,37-38,45-50,57-58,81-84H,7-10,15-30H2,1-6H3,(H,65,79)(H,66,80)(H,67,85)(H,68,86)(H,93,94)(H,95,96)(H,97,98)(H,99,100)(H2,63,69,71)(H2,64,70,72)(H2,87,88,89)(H2,90,91,92). The summed E-state index contributed by atoms with van der Waals surface area (Å²) in [6, 6.07) is 8.04. The van der Waals surface area contributed by atoms with Crippen LogP contribution >= 0.6 is 46.9 Å². The Morgan fingerprint density at radius 3 is 1.32 bits per heavy atom. The monoisotopic (exact) mass is 1770 g/mol. The van der Waals surface area contributed by atoms with Crippen molar-refractivity contribution in [2.75, 3.05) is 64.1 Å². The van der Waals surface area contributed by atoms with Gasteiger partial charge in [-0.05, 0) is 62.5 Å². The number of rotatable bonds is 48. The average Bonchev–Trinajstić information content (AvgIpc) is 1.62. The van der Waals surface area contributed by atoms with E-state index in [0.29, 0.717) is 44.9 Å². The largest absolute Gasteiger partial charge is 0.481 e. The van der Waals surface area contributed by atoms with Gasteiger partial charge in [-0.1, -0.05) is 65.8 Å². The molecular weight excluding hydrogens is 1670 g/mol. The summed E-state index contributed by atoms with van der Waals surface area (Å²) in [5.74, 6) is -3.35. The molecule has 4 aromatic heterocycles. The first kappa shape index (κ1) is 95.1. The molecule has 1 aromatic carbocycles. The Morgan fingerprint density at radius 2 is 0.922 bits per heavy atom. The van der Waals surface area contributed by atoms with Crippen LogP contribution in [0.3, 0.4) is 0 Å². The minimum atomic E-state index is -5.65. The number of Topliss-reactive ketones (excluding diaryl/α,β-unsaturated/α-hetero) is 2. The number of carbonyl (C=O) groups excluding carboxylic acids is 6. The van der Waals surface area contributed by atoms with Crippen molar-refractivity contribution in [3.63, 3.8) is 0 Å². The number of ketones is 2. The van der Waals surface area contributed by atoms with Gasteiger partial charge in [-0.25, -0.2) is 57.3 Å². The number of amides is 4. The highest BCUT2D eigenvalue weighted by molar-refractivity contribution is 7.61. The summed E-state index contributed by atoms with van der Waals surface area (Å²) in [6.07, 6.45) is -9.11. The Labute approximate surface area is 661 Å². The van der Waals surface area contributed by atoms with Crippen molar-refractivity contribution in [3.05, 3.63) is 60.7 Å². The van der Waals surface area contributed by atoms with Crippen LogP contribution in [-0.2, 0) is 114 Å². The van der Waals surface area contributed by atoms with E-state index >= 15 is 0 Å². The van der Waals surface area contributed by atoms with Gasteiger partial charge in [-0.3, -0.25) is 65.0 Å². The summed E-state index contributed by atoms with van der Waals surface area (Å²) in [5.41, 5.74) is 9.22. The van der Waals surface area contributed by atoms with Gasteiger partial charge in [0.25, 0.3) is 0 Å². The number of carbonyl (C=O) groups is 6. The molecule has 2 saturated heterocycles. The number of aryl methyl sites for hydroxylation is 2. The summed E-state index contributed by atoms with van der Waals surface area (Å²) < 4.78 is 126. The number of imidazole rings is 2. The number of phosphoric acid groups is 6. The third-order valence-corrected chi connectivity index (χ3v) is 25.3. The molecule has 8 rings (SSSR count). The molecule has 14 atom stereocenters. The summed E-state index contributed by atoms with van der Waals surface area (Å²) in [4.78, 5) is 181. The second-order valence-electron chi connectivity index (χ2n) is 29.7. The van der Waals surface area contributed by atoms with Crippen molar-refractivity contribution in [1.29, 1.82) is 0 Å². The highest BCUT2D eigenvalue weighted by atomic mass is 31.3. The van der Waals surface area contributed by atoms with Crippen LogP contribution in [0.5, 0.6) is 0 Å². The molecule has 4 amide bonds. The number of ether oxygens (including phenoxy) is 2. The number of anilines is 2. The second-order valence-corrected chi connectivity index (χ2v) is 38.1. The van der Waals surface area contributed by atoms with Crippen LogP contribution in [0.4, 0.5) is 11.6 Å². The van der Waals surface area contributed by atoms with Gasteiger partial charge in [-0.2, -0.15) is 8.62 Å². The molecule has 116 heavy (non-hydrogen) atoms. The zero-order chi connectivity index (χ0) is 86.0. The lowest BCUT2D eigenvalue weighted by Crippen LogP contribution is -2.46. The first-order valence-corrected chi connectivity index (χ1v) is 44.8. The SMILES string of the molecule is CC(C)(CCCc1ccc(CCCC2(C(=O)CCNC(=O)CCNC(=O)C(O)C(C)(C)COP(=O)(O)OP(=O)(O)OCC3OC(n4cnc5c(N)ncnc54)C(O)C3OP(=O)(O)O)CC2)cc1)C(=O)CCNC(=O)CCNC(=O)C(O)C(C)(C)COP(=O)(O)OP(=O)(O)OCC1OC(n2cnc3c(N)ncnc32)C(O)C1OP(=O)(O)O. The van der Waals surface area contributed by atoms with Gasteiger partial charge in [0, 0.05) is 73.5 Å². The van der Waals surface area contributed by atoms with Gasteiger partial charge in [0.2, 0.25) is 23.6 Å². The van der Waals surface area contributed by atoms with E-state index in [-0.39, 0.29) is 97.4 Å². The van der Waals surface area contributed by atoms with Crippen LogP contribution in [0.1, 0.15) is 129 Å². The predicted molar refractivity (Wildman–Crippen MR) is 396 cm³/mol. The van der Waals surface area contributed by atoms with Crippen molar-refractivity contribution >= 4 is 116 Å². The number of aliphatic hydroxyl groups is 4. The molecule has 0 bridgehead atoms. The van der Waals surface area contributed by atoms with Crippen molar-refractivity contribution in [1.82, 2.24) is 60.3 Å². The minimum absolute atomic E-state index is 0.00192. The number of hydrogen-bond acceptors (Lipinski definition) is 34. The summed E-state index contributed by atoms with van der Waals surface area (Å²) in [5, 5.41) is 53.6. The van der Waals surface area contributed by atoms with E-state index in [1.54, 1.807) is 0 Å². The zero-order valence-electron chi connectivity index (χ0n) is 63.3. The van der Waals surface area contributed by atoms with E-state index in [1.165, 1.54) is 27.7 Å². The van der Waals surface area contributed by atoms with Crippen molar-refractivity contribution in [2.45, 2.75) is 180 Å². The van der Waals surface area contributed by atoms with Crippen LogP contribution < -0.4 is 32.7 Å². The molecule has 3 aliphatic rings. The van der Waals surface area contributed by atoms with Crippen molar-refractivity contribution in [2.24, 2.45) is 21.7 Å². The fourth-order valence-corrected chi connectivity index (χ4v) is 18.0. The van der Waals surface area contributed by atoms with E-state index < -0.39 is 180 Å². The Bertz CT molecular complexity index is 4350. The van der Waals surface area contributed by atoms with Gasteiger partial charge in [0.05, 0.1) is 39.1 Å². The second kappa shape index (κ2) is 39.0. The van der Waals surface area contributed by atoms with Crippen LogP contribution in [0, 0.1) is 21.7 Å². The highest BCUT2D eigenvalue weighted by Crippen LogP contribution is 2.63. The lowest BCUT2D eigenvalue weighted by molar-refractivity contribution is -0.137. The molecule has 0 radical (unpaired) electrons. The number of aromatic nitrogens is 8. The Kier molecular flexibility index (Phi) is 32.0. The van der Waals surface area contributed by atoms with Crippen LogP contribution in [0.2, 0.25) is 0 Å². The lowest BCUT2D eigenvalue weighted by atomic mass is 9.81. The molecule has 2 aliphatic heterocycles. The maximum Gasteiger partial charge on any atom is 0.481 e.